The number of hydrogen-bond donors (Lipinski definition) is 1. The predicted octanol–water partition coefficient (Wildman–Crippen LogP) is 1.25. The minimum Gasteiger partial charge on any atom is -0.360 e. The lowest BCUT2D eigenvalue weighted by Gasteiger charge is -1.91. The molecule has 1 aromatic heterocycles. The van der Waals surface area contributed by atoms with Crippen molar-refractivity contribution in [2.24, 2.45) is 5.73 Å². The summed E-state index contributed by atoms with van der Waals surface area (Å²) in [5, 5.41) is -0.409. The molecule has 0 aliphatic carbocycles. The van der Waals surface area contributed by atoms with Crippen LogP contribution in [0.25, 0.3) is 0 Å². The zero-order chi connectivity index (χ0) is 7.40. The molecule has 1 aromatic rings. The maximum Gasteiger partial charge on any atom is 0.281 e. The van der Waals surface area contributed by atoms with Crippen LogP contribution in [0.15, 0.2) is 29.4 Å². The summed E-state index contributed by atoms with van der Waals surface area (Å²) < 4.78 is 0. The molecule has 0 bridgehead atoms. The van der Waals surface area contributed by atoms with Crippen LogP contribution in [0.5, 0.6) is 0 Å². The van der Waals surface area contributed by atoms with Gasteiger partial charge in [-0.1, -0.05) is 0 Å². The van der Waals surface area contributed by atoms with Crippen LogP contribution in [-0.4, -0.2) is 10.2 Å². The van der Waals surface area contributed by atoms with Crippen LogP contribution in [0.2, 0.25) is 0 Å². The minimum atomic E-state index is -0.409. The molecule has 1 rings (SSSR count). The highest BCUT2D eigenvalue weighted by Gasteiger charge is 1.96. The third-order valence-electron chi connectivity index (χ3n) is 0.853. The van der Waals surface area contributed by atoms with Crippen molar-refractivity contribution in [3.05, 3.63) is 24.5 Å². The SMILES string of the molecule is NC(=O)Sc1cccnc1. The van der Waals surface area contributed by atoms with Crippen LogP contribution >= 0.6 is 11.8 Å². The number of nitrogens with zero attached hydrogens (tertiary/aromatic N) is 1. The van der Waals surface area contributed by atoms with E-state index in [1.165, 1.54) is 0 Å². The number of carbonyl (C=O) groups excluding carboxylic acids is 1. The van der Waals surface area contributed by atoms with Crippen molar-refractivity contribution in [1.82, 2.24) is 4.98 Å². The second kappa shape index (κ2) is 3.22. The standard InChI is InChI=1S/C6H6N2OS/c7-6(9)10-5-2-1-3-8-4-5/h1-4H,(H2,7,9). The van der Waals surface area contributed by atoms with E-state index in [4.69, 9.17) is 5.73 Å². The Bertz CT molecular complexity index is 224. The number of primary amides is 1. The van der Waals surface area contributed by atoms with Crippen LogP contribution in [0.3, 0.4) is 0 Å². The molecule has 4 heteroatoms. The lowest BCUT2D eigenvalue weighted by molar-refractivity contribution is 0.267. The van der Waals surface area contributed by atoms with Gasteiger partial charge in [0.1, 0.15) is 0 Å². The first kappa shape index (κ1) is 7.08. The summed E-state index contributed by atoms with van der Waals surface area (Å²) in [6.07, 6.45) is 3.24. The highest BCUT2D eigenvalue weighted by atomic mass is 32.2. The van der Waals surface area contributed by atoms with Gasteiger partial charge < -0.3 is 5.73 Å². The Morgan fingerprint density at radius 2 is 2.50 bits per heavy atom. The van der Waals surface area contributed by atoms with E-state index in [0.717, 1.165) is 16.7 Å². The van der Waals surface area contributed by atoms with E-state index in [0.29, 0.717) is 0 Å². The molecule has 1 heterocycles. The lowest BCUT2D eigenvalue weighted by atomic mass is 10.5. The Balaban J connectivity index is 2.67. The van der Waals surface area contributed by atoms with Crippen molar-refractivity contribution in [3.63, 3.8) is 0 Å². The molecule has 0 aliphatic heterocycles. The Kier molecular flexibility index (Phi) is 2.28. The Morgan fingerprint density at radius 1 is 1.70 bits per heavy atom. The van der Waals surface area contributed by atoms with Gasteiger partial charge >= 0.3 is 0 Å². The van der Waals surface area contributed by atoms with Crippen molar-refractivity contribution in [3.8, 4) is 0 Å². The lowest BCUT2D eigenvalue weighted by Crippen LogP contribution is -2.01. The van der Waals surface area contributed by atoms with Gasteiger partial charge in [-0.05, 0) is 23.9 Å². The second-order valence-corrected chi connectivity index (χ2v) is 2.69. The third-order valence-corrected chi connectivity index (χ3v) is 1.53. The maximum atomic E-state index is 10.3. The highest BCUT2D eigenvalue weighted by Crippen LogP contribution is 2.14. The molecule has 1 amide bonds. The molecule has 2 N–H and O–H groups in total. The van der Waals surface area contributed by atoms with Crippen molar-refractivity contribution in [1.29, 1.82) is 0 Å². The molecule has 0 radical (unpaired) electrons. The van der Waals surface area contributed by atoms with Gasteiger partial charge in [0.15, 0.2) is 0 Å². The summed E-state index contributed by atoms with van der Waals surface area (Å²) in [5.41, 5.74) is 4.92. The molecule has 0 atom stereocenters. The number of aromatic nitrogens is 1. The average Bonchev–Trinajstić information content (AvgIpc) is 1.88. The molecule has 0 saturated heterocycles. The molecule has 52 valence electrons. The Morgan fingerprint density at radius 3 is 3.00 bits per heavy atom. The van der Waals surface area contributed by atoms with Gasteiger partial charge in [0, 0.05) is 17.3 Å². The first-order valence-electron chi connectivity index (χ1n) is 2.66. The molecular formula is C6H6N2OS. The maximum absolute atomic E-state index is 10.3. The first-order chi connectivity index (χ1) is 4.79. The van der Waals surface area contributed by atoms with Crippen LogP contribution < -0.4 is 5.73 Å². The van der Waals surface area contributed by atoms with E-state index < -0.39 is 5.24 Å². The monoisotopic (exact) mass is 154 g/mol. The van der Waals surface area contributed by atoms with Crippen LogP contribution in [0.1, 0.15) is 0 Å². The number of rotatable bonds is 1. The van der Waals surface area contributed by atoms with E-state index in [-0.39, 0.29) is 0 Å². The van der Waals surface area contributed by atoms with Gasteiger partial charge in [-0.15, -0.1) is 0 Å². The molecule has 0 aliphatic rings. The van der Waals surface area contributed by atoms with Gasteiger partial charge in [0.25, 0.3) is 5.24 Å². The van der Waals surface area contributed by atoms with E-state index in [1.807, 2.05) is 0 Å². The topological polar surface area (TPSA) is 56.0 Å². The fourth-order valence-corrected chi connectivity index (χ4v) is 1.02. The van der Waals surface area contributed by atoms with Crippen molar-refractivity contribution in [2.75, 3.05) is 0 Å². The number of amides is 1. The number of thioether (sulfide) groups is 1. The van der Waals surface area contributed by atoms with Crippen molar-refractivity contribution < 1.29 is 4.79 Å². The van der Waals surface area contributed by atoms with Crippen LogP contribution in [-0.2, 0) is 0 Å². The zero-order valence-corrected chi connectivity index (χ0v) is 5.97. The van der Waals surface area contributed by atoms with E-state index in [2.05, 4.69) is 4.98 Å². The number of hydrogen-bond acceptors (Lipinski definition) is 3. The summed E-state index contributed by atoms with van der Waals surface area (Å²) in [5.74, 6) is 0. The smallest absolute Gasteiger partial charge is 0.281 e. The van der Waals surface area contributed by atoms with Crippen LogP contribution in [0, 0.1) is 0 Å². The normalized spacial score (nSPS) is 9.20. The zero-order valence-electron chi connectivity index (χ0n) is 5.15. The molecule has 0 aromatic carbocycles. The van der Waals surface area contributed by atoms with E-state index in [9.17, 15) is 4.79 Å². The van der Waals surface area contributed by atoms with Gasteiger partial charge in [0.05, 0.1) is 0 Å². The molecule has 0 fully saturated rings. The molecule has 3 nitrogen and oxygen atoms in total. The molecule has 0 saturated carbocycles. The summed E-state index contributed by atoms with van der Waals surface area (Å²) in [7, 11) is 0. The summed E-state index contributed by atoms with van der Waals surface area (Å²) >= 11 is 0.975. The Labute approximate surface area is 62.6 Å². The first-order valence-corrected chi connectivity index (χ1v) is 3.48. The van der Waals surface area contributed by atoms with Crippen molar-refractivity contribution in [2.45, 2.75) is 4.90 Å². The summed E-state index contributed by atoms with van der Waals surface area (Å²) in [4.78, 5) is 14.9. The van der Waals surface area contributed by atoms with Gasteiger partial charge in [-0.2, -0.15) is 0 Å². The number of pyridine rings is 1. The third kappa shape index (κ3) is 2.06. The fourth-order valence-electron chi connectivity index (χ4n) is 0.524. The average molecular weight is 154 g/mol. The predicted molar refractivity (Wildman–Crippen MR) is 39.7 cm³/mol. The van der Waals surface area contributed by atoms with Gasteiger partial charge in [-0.3, -0.25) is 9.78 Å². The second-order valence-electron chi connectivity index (χ2n) is 1.61. The summed E-state index contributed by atoms with van der Waals surface area (Å²) in [6.45, 7) is 0. The Hall–Kier alpha value is -1.03. The molecule has 10 heavy (non-hydrogen) atoms. The largest absolute Gasteiger partial charge is 0.360 e. The van der Waals surface area contributed by atoms with E-state index >= 15 is 0 Å². The molecule has 0 unspecified atom stereocenters. The van der Waals surface area contributed by atoms with Gasteiger partial charge in [-0.25, -0.2) is 0 Å². The van der Waals surface area contributed by atoms with E-state index in [1.54, 1.807) is 24.5 Å². The molecule has 0 spiro atoms. The summed E-state index contributed by atoms with van der Waals surface area (Å²) in [6, 6.07) is 3.54. The minimum absolute atomic E-state index is 0.409. The molecular weight excluding hydrogens is 148 g/mol. The van der Waals surface area contributed by atoms with Crippen molar-refractivity contribution >= 4 is 17.0 Å². The number of carbonyl (C=O) groups is 1. The fraction of sp³-hybridized carbons (Fsp3) is 0. The van der Waals surface area contributed by atoms with Crippen LogP contribution in [0.4, 0.5) is 4.79 Å². The highest BCUT2D eigenvalue weighted by molar-refractivity contribution is 8.13. The number of nitrogens with two attached hydrogens (primary N) is 1. The quantitative estimate of drug-likeness (QED) is 0.619. The van der Waals surface area contributed by atoms with Gasteiger partial charge in [0.2, 0.25) is 0 Å².